The van der Waals surface area contributed by atoms with Gasteiger partial charge in [-0.1, -0.05) is 30.7 Å². The normalized spacial score (nSPS) is 14.7. The summed E-state index contributed by atoms with van der Waals surface area (Å²) in [5.74, 6) is 2.60. The minimum atomic E-state index is 0.540. The van der Waals surface area contributed by atoms with Crippen molar-refractivity contribution < 1.29 is 14.2 Å². The van der Waals surface area contributed by atoms with E-state index in [9.17, 15) is 0 Å². The number of hydrogen-bond donors (Lipinski definition) is 2. The number of ether oxygens (including phenoxy) is 3. The standard InChI is InChI=1S/C25H36N4O3/c1-26-25(28-17-21-12-13-22(30-2)24(32-4)23(21)31-3)27-16-19-8-10-20(11-9-19)18-29-14-6-5-7-15-29/h8-13H,5-7,14-18H2,1-4H3,(H2,26,27,28). The molecule has 1 aliphatic heterocycles. The summed E-state index contributed by atoms with van der Waals surface area (Å²) in [4.78, 5) is 6.88. The van der Waals surface area contributed by atoms with Gasteiger partial charge in [0.1, 0.15) is 0 Å². The van der Waals surface area contributed by atoms with Crippen molar-refractivity contribution >= 4 is 5.96 Å². The summed E-state index contributed by atoms with van der Waals surface area (Å²) in [5.41, 5.74) is 3.55. The molecule has 3 rings (SSSR count). The zero-order valence-electron chi connectivity index (χ0n) is 19.7. The summed E-state index contributed by atoms with van der Waals surface area (Å²) in [7, 11) is 6.61. The van der Waals surface area contributed by atoms with Crippen LogP contribution in [0.2, 0.25) is 0 Å². The van der Waals surface area contributed by atoms with E-state index in [1.807, 2.05) is 12.1 Å². The molecular formula is C25H36N4O3. The average molecular weight is 441 g/mol. The Balaban J connectivity index is 1.53. The van der Waals surface area contributed by atoms with Gasteiger partial charge in [0, 0.05) is 32.2 Å². The van der Waals surface area contributed by atoms with Gasteiger partial charge in [-0.05, 0) is 49.2 Å². The van der Waals surface area contributed by atoms with Crippen LogP contribution in [0.5, 0.6) is 17.2 Å². The Hall–Kier alpha value is -2.93. The minimum absolute atomic E-state index is 0.540. The molecular weight excluding hydrogens is 404 g/mol. The molecule has 1 heterocycles. The van der Waals surface area contributed by atoms with Crippen molar-refractivity contribution in [3.8, 4) is 17.2 Å². The van der Waals surface area contributed by atoms with Crippen molar-refractivity contribution in [3.63, 3.8) is 0 Å². The number of aliphatic imine (C=N–C) groups is 1. The molecule has 7 nitrogen and oxygen atoms in total. The number of rotatable bonds is 9. The summed E-state index contributed by atoms with van der Waals surface area (Å²) < 4.78 is 16.4. The molecule has 1 aliphatic rings. The Morgan fingerprint density at radius 3 is 2.09 bits per heavy atom. The van der Waals surface area contributed by atoms with Crippen molar-refractivity contribution in [2.45, 2.75) is 38.9 Å². The van der Waals surface area contributed by atoms with E-state index in [0.717, 1.165) is 18.1 Å². The fourth-order valence-corrected chi connectivity index (χ4v) is 4.03. The minimum Gasteiger partial charge on any atom is -0.493 e. The van der Waals surface area contributed by atoms with Gasteiger partial charge in [-0.3, -0.25) is 9.89 Å². The van der Waals surface area contributed by atoms with Crippen LogP contribution in [0.1, 0.15) is 36.0 Å². The second-order valence-corrected chi connectivity index (χ2v) is 7.93. The van der Waals surface area contributed by atoms with Crippen molar-refractivity contribution in [1.82, 2.24) is 15.5 Å². The molecule has 0 spiro atoms. The molecule has 0 atom stereocenters. The van der Waals surface area contributed by atoms with Gasteiger partial charge in [-0.25, -0.2) is 0 Å². The van der Waals surface area contributed by atoms with Gasteiger partial charge < -0.3 is 24.8 Å². The van der Waals surface area contributed by atoms with Crippen molar-refractivity contribution in [2.24, 2.45) is 4.99 Å². The number of guanidine groups is 1. The molecule has 0 aliphatic carbocycles. The van der Waals surface area contributed by atoms with E-state index in [4.69, 9.17) is 14.2 Å². The van der Waals surface area contributed by atoms with Gasteiger partial charge in [0.15, 0.2) is 17.5 Å². The maximum Gasteiger partial charge on any atom is 0.203 e. The fourth-order valence-electron chi connectivity index (χ4n) is 4.03. The third-order valence-electron chi connectivity index (χ3n) is 5.79. The highest BCUT2D eigenvalue weighted by atomic mass is 16.5. The van der Waals surface area contributed by atoms with Crippen LogP contribution in [0.4, 0.5) is 0 Å². The molecule has 2 N–H and O–H groups in total. The second-order valence-electron chi connectivity index (χ2n) is 7.93. The first kappa shape index (κ1) is 23.7. The van der Waals surface area contributed by atoms with E-state index >= 15 is 0 Å². The number of piperidine rings is 1. The zero-order valence-corrected chi connectivity index (χ0v) is 19.7. The lowest BCUT2D eigenvalue weighted by Gasteiger charge is -2.26. The largest absolute Gasteiger partial charge is 0.493 e. The number of benzene rings is 2. The highest BCUT2D eigenvalue weighted by molar-refractivity contribution is 5.79. The summed E-state index contributed by atoms with van der Waals surface area (Å²) in [6, 6.07) is 12.7. The molecule has 0 radical (unpaired) electrons. The van der Waals surface area contributed by atoms with Gasteiger partial charge in [0.25, 0.3) is 0 Å². The summed E-state index contributed by atoms with van der Waals surface area (Å²) >= 11 is 0. The van der Waals surface area contributed by atoms with Crippen molar-refractivity contribution in [3.05, 3.63) is 53.1 Å². The topological polar surface area (TPSA) is 67.4 Å². The SMILES string of the molecule is CN=C(NCc1ccc(CN2CCCCC2)cc1)NCc1ccc(OC)c(OC)c1OC. The Kier molecular flexibility index (Phi) is 9.04. The molecule has 7 heteroatoms. The van der Waals surface area contributed by atoms with Crippen LogP contribution in [0.25, 0.3) is 0 Å². The lowest BCUT2D eigenvalue weighted by molar-refractivity contribution is 0.221. The Morgan fingerprint density at radius 2 is 1.47 bits per heavy atom. The first-order chi connectivity index (χ1) is 15.7. The van der Waals surface area contributed by atoms with Crippen molar-refractivity contribution in [2.75, 3.05) is 41.5 Å². The van der Waals surface area contributed by atoms with Gasteiger partial charge in [0.2, 0.25) is 5.75 Å². The predicted octanol–water partition coefficient (Wildman–Crippen LogP) is 3.56. The van der Waals surface area contributed by atoms with E-state index in [1.165, 1.54) is 43.5 Å². The van der Waals surface area contributed by atoms with E-state index in [1.54, 1.807) is 28.4 Å². The van der Waals surface area contributed by atoms with E-state index < -0.39 is 0 Å². The summed E-state index contributed by atoms with van der Waals surface area (Å²) in [5, 5.41) is 6.72. The van der Waals surface area contributed by atoms with Crippen LogP contribution >= 0.6 is 0 Å². The molecule has 0 bridgehead atoms. The number of methoxy groups -OCH3 is 3. The van der Waals surface area contributed by atoms with Crippen molar-refractivity contribution in [1.29, 1.82) is 0 Å². The maximum absolute atomic E-state index is 5.56. The molecule has 0 unspecified atom stereocenters. The molecule has 0 aromatic heterocycles. The molecule has 0 amide bonds. The lowest BCUT2D eigenvalue weighted by Crippen LogP contribution is -2.36. The van der Waals surface area contributed by atoms with Crippen LogP contribution in [0, 0.1) is 0 Å². The molecule has 2 aromatic rings. The van der Waals surface area contributed by atoms with Gasteiger partial charge in [-0.2, -0.15) is 0 Å². The Bertz CT molecular complexity index is 878. The summed E-state index contributed by atoms with van der Waals surface area (Å²) in [6.45, 7) is 4.72. The van der Waals surface area contributed by atoms with Gasteiger partial charge in [-0.15, -0.1) is 0 Å². The fraction of sp³-hybridized carbons (Fsp3) is 0.480. The van der Waals surface area contributed by atoms with Crippen LogP contribution in [-0.2, 0) is 19.6 Å². The highest BCUT2D eigenvalue weighted by Gasteiger charge is 2.16. The predicted molar refractivity (Wildman–Crippen MR) is 129 cm³/mol. The van der Waals surface area contributed by atoms with Crippen LogP contribution in [0.15, 0.2) is 41.4 Å². The van der Waals surface area contributed by atoms with E-state index in [2.05, 4.69) is 44.8 Å². The highest BCUT2D eigenvalue weighted by Crippen LogP contribution is 2.39. The molecule has 0 saturated carbocycles. The Morgan fingerprint density at radius 1 is 0.812 bits per heavy atom. The molecule has 2 aromatic carbocycles. The van der Waals surface area contributed by atoms with Crippen LogP contribution in [0.3, 0.4) is 0 Å². The first-order valence-electron chi connectivity index (χ1n) is 11.2. The lowest BCUT2D eigenvalue weighted by atomic mass is 10.1. The summed E-state index contributed by atoms with van der Waals surface area (Å²) in [6.07, 6.45) is 4.02. The maximum atomic E-state index is 5.56. The molecule has 174 valence electrons. The van der Waals surface area contributed by atoms with E-state index in [0.29, 0.717) is 30.3 Å². The molecule has 32 heavy (non-hydrogen) atoms. The quantitative estimate of drug-likeness (QED) is 0.459. The number of hydrogen-bond acceptors (Lipinski definition) is 5. The third-order valence-corrected chi connectivity index (χ3v) is 5.79. The van der Waals surface area contributed by atoms with Gasteiger partial charge >= 0.3 is 0 Å². The smallest absolute Gasteiger partial charge is 0.203 e. The number of likely N-dealkylation sites (tertiary alicyclic amines) is 1. The van der Waals surface area contributed by atoms with Gasteiger partial charge in [0.05, 0.1) is 21.3 Å². The average Bonchev–Trinajstić information content (AvgIpc) is 2.85. The second kappa shape index (κ2) is 12.2. The molecule has 1 saturated heterocycles. The molecule has 1 fully saturated rings. The van der Waals surface area contributed by atoms with Crippen LogP contribution < -0.4 is 24.8 Å². The number of nitrogens with one attached hydrogen (secondary N) is 2. The van der Waals surface area contributed by atoms with Crippen LogP contribution in [-0.4, -0.2) is 52.3 Å². The zero-order chi connectivity index (χ0) is 22.8. The first-order valence-corrected chi connectivity index (χ1v) is 11.2. The number of nitrogens with zero attached hydrogens (tertiary/aromatic N) is 2. The van der Waals surface area contributed by atoms with E-state index in [-0.39, 0.29) is 0 Å². The monoisotopic (exact) mass is 440 g/mol. The third kappa shape index (κ3) is 6.29. The Labute approximate surface area is 191 Å².